The Bertz CT molecular complexity index is 6530. The van der Waals surface area contributed by atoms with Gasteiger partial charge in [-0.1, -0.05) is 89.0 Å². The predicted octanol–water partition coefficient (Wildman–Crippen LogP) is 16.5. The summed E-state index contributed by atoms with van der Waals surface area (Å²) in [5, 5.41) is 27.5. The van der Waals surface area contributed by atoms with Gasteiger partial charge in [0.05, 0.1) is 16.7 Å². The fourth-order valence-electron chi connectivity index (χ4n) is 12.2. The molecule has 0 bridgehead atoms. The SMILES string of the molecule is C[n+]1ccccc1-c1cc(C(F)(F)F)n[n-]1.C[n+]1ccccc1-c1nc(C(F)(F)F)n[n-]1.Cc1cc(-c2cccc[n+]2C)[n-]n1.[Ir].[Ir].[Ir].[c-]1cc2c(cc1-c1cnc3cccnc3n1)oc1ccccc12.[c-]1cc2c(cc1-c1cnc3cccnc3n1)oc1ccccc12.[c-]1cc2c(cc1-c1cnc3cccnc3n1)oc1ccccc12. The summed E-state index contributed by atoms with van der Waals surface area (Å²) in [6.45, 7) is 1.94. The first-order chi connectivity index (χ1) is 55.4. The zero-order valence-electron chi connectivity index (χ0n) is 61.4. The van der Waals surface area contributed by atoms with Gasteiger partial charge in [-0.3, -0.25) is 35.0 Å². The van der Waals surface area contributed by atoms with Gasteiger partial charge in [0, 0.05) is 162 Å². The number of benzene rings is 6. The van der Waals surface area contributed by atoms with Crippen LogP contribution in [-0.2, 0) is 93.8 Å². The maximum absolute atomic E-state index is 12.3. The fraction of sp³-hybridized carbons (Fsp3) is 0.0698. The van der Waals surface area contributed by atoms with Gasteiger partial charge >= 0.3 is 12.4 Å². The Labute approximate surface area is 700 Å². The molecule has 585 valence electrons. The van der Waals surface area contributed by atoms with Crippen molar-refractivity contribution < 1.29 is 114 Å². The van der Waals surface area contributed by atoms with E-state index in [1.165, 1.54) is 0 Å². The molecule has 22 nitrogen and oxygen atoms in total. The van der Waals surface area contributed by atoms with Gasteiger partial charge in [-0.05, 0) is 119 Å². The molecule has 6 aromatic carbocycles. The second-order valence-electron chi connectivity index (χ2n) is 25.5. The minimum Gasteiger partial charge on any atom is -0.570 e. The van der Waals surface area contributed by atoms with Crippen molar-refractivity contribution in [2.75, 3.05) is 0 Å². The number of aromatic nitrogens is 19. The summed E-state index contributed by atoms with van der Waals surface area (Å²) in [6.07, 6.45) is 6.79. The Morgan fingerprint density at radius 2 is 0.718 bits per heavy atom. The molecule has 0 spiro atoms. The maximum Gasteiger partial charge on any atom is 0.431 e. The fourth-order valence-corrected chi connectivity index (χ4v) is 12.2. The minimum atomic E-state index is -4.56. The van der Waals surface area contributed by atoms with E-state index in [1.807, 2.05) is 176 Å². The second kappa shape index (κ2) is 35.6. The molecule has 0 atom stereocenters. The van der Waals surface area contributed by atoms with Gasteiger partial charge < -0.3 is 43.7 Å². The number of hydrogen-bond donors (Lipinski definition) is 0. The van der Waals surface area contributed by atoms with Crippen LogP contribution in [0.2, 0.25) is 0 Å². The van der Waals surface area contributed by atoms with E-state index in [2.05, 4.69) is 117 Å². The molecule has 21 rings (SSSR count). The van der Waals surface area contributed by atoms with Gasteiger partial charge in [-0.15, -0.1) is 53.1 Å². The van der Waals surface area contributed by atoms with Crippen LogP contribution in [0.1, 0.15) is 17.2 Å². The summed E-state index contributed by atoms with van der Waals surface area (Å²) < 4.78 is 96.8. The van der Waals surface area contributed by atoms with Gasteiger partial charge in [0.15, 0.2) is 46.9 Å². The van der Waals surface area contributed by atoms with Crippen molar-refractivity contribution in [3.63, 3.8) is 0 Å². The van der Waals surface area contributed by atoms with Crippen molar-refractivity contribution >= 4 is 99.3 Å². The molecule has 117 heavy (non-hydrogen) atoms. The zero-order chi connectivity index (χ0) is 78.5. The van der Waals surface area contributed by atoms with Gasteiger partial charge in [0.1, 0.15) is 66.0 Å². The number of aryl methyl sites for hydroxylation is 4. The van der Waals surface area contributed by atoms with Crippen LogP contribution in [0.25, 0.3) is 167 Å². The van der Waals surface area contributed by atoms with Crippen molar-refractivity contribution in [2.45, 2.75) is 19.3 Å². The van der Waals surface area contributed by atoms with Crippen LogP contribution < -0.4 is 29.0 Å². The summed E-state index contributed by atoms with van der Waals surface area (Å²) in [5.74, 6) is -1.25. The van der Waals surface area contributed by atoms with E-state index in [1.54, 1.807) is 109 Å². The first-order valence-electron chi connectivity index (χ1n) is 35.0. The van der Waals surface area contributed by atoms with Crippen LogP contribution in [0.4, 0.5) is 26.3 Å². The van der Waals surface area contributed by atoms with Crippen molar-refractivity contribution in [1.29, 1.82) is 0 Å². The molecule has 3 radical (unpaired) electrons. The van der Waals surface area contributed by atoms with Crippen LogP contribution in [0.5, 0.6) is 0 Å². The van der Waals surface area contributed by atoms with Crippen molar-refractivity contribution in [3.05, 3.63) is 304 Å². The maximum atomic E-state index is 12.3. The monoisotopic (exact) mass is 2100 g/mol. The molecule has 0 amide bonds. The topological polar surface area (TPSA) is 261 Å². The third-order valence-electron chi connectivity index (χ3n) is 17.8. The van der Waals surface area contributed by atoms with Crippen LogP contribution in [0.15, 0.2) is 281 Å². The molecule has 0 aliphatic rings. The van der Waals surface area contributed by atoms with E-state index in [0.29, 0.717) is 28.3 Å². The molecule has 15 heterocycles. The van der Waals surface area contributed by atoms with Crippen molar-refractivity contribution in [2.24, 2.45) is 21.1 Å². The van der Waals surface area contributed by atoms with E-state index >= 15 is 0 Å². The molecule has 0 N–H and O–H groups in total. The van der Waals surface area contributed by atoms with Gasteiger partial charge in [0.2, 0.25) is 5.69 Å². The Morgan fingerprint density at radius 3 is 1.07 bits per heavy atom. The summed E-state index contributed by atoms with van der Waals surface area (Å²) in [7, 11) is 5.43. The Balaban J connectivity index is 0.000000123. The first kappa shape index (κ1) is 81.7. The van der Waals surface area contributed by atoms with Gasteiger partial charge in [-0.2, -0.15) is 26.3 Å². The van der Waals surface area contributed by atoms with Crippen LogP contribution >= 0.6 is 0 Å². The van der Waals surface area contributed by atoms with E-state index in [0.717, 1.165) is 139 Å². The zero-order valence-corrected chi connectivity index (χ0v) is 68.6. The average Bonchev–Trinajstić information content (AvgIpc) is 1.66. The number of alkyl halides is 6. The Morgan fingerprint density at radius 1 is 0.350 bits per heavy atom. The van der Waals surface area contributed by atoms with E-state index < -0.39 is 23.9 Å². The van der Waals surface area contributed by atoms with Crippen molar-refractivity contribution in [3.8, 4) is 68.1 Å². The number of halogens is 6. The molecule has 0 saturated heterocycles. The largest absolute Gasteiger partial charge is 0.570 e. The predicted molar refractivity (Wildman–Crippen MR) is 412 cm³/mol. The molecule has 21 aromatic rings. The molecule has 0 aliphatic carbocycles. The summed E-state index contributed by atoms with van der Waals surface area (Å²) in [6, 6.07) is 76.0. The molecule has 31 heteroatoms. The smallest absolute Gasteiger partial charge is 0.431 e. The number of hydrogen-bond acceptors (Lipinski definition) is 16. The molecule has 15 aromatic heterocycles. The second-order valence-corrected chi connectivity index (χ2v) is 25.5. The molecular weight excluding hydrogens is 2040 g/mol. The van der Waals surface area contributed by atoms with Gasteiger partial charge in [0.25, 0.3) is 0 Å². The minimum absolute atomic E-state index is 0. The number of nitrogens with zero attached hydrogens (tertiary/aromatic N) is 19. The number of fused-ring (bicyclic) bond motifs is 12. The third kappa shape index (κ3) is 18.3. The van der Waals surface area contributed by atoms with Gasteiger partial charge in [-0.25, -0.2) is 28.7 Å². The summed E-state index contributed by atoms with van der Waals surface area (Å²) >= 11 is 0. The van der Waals surface area contributed by atoms with E-state index in [4.69, 9.17) is 13.3 Å². The molecule has 0 unspecified atom stereocenters. The number of rotatable bonds is 6. The normalized spacial score (nSPS) is 11.1. The average molecular weight is 2090 g/mol. The molecular formula is C86H56F6Ir3N19O3-3. The van der Waals surface area contributed by atoms with Crippen LogP contribution in [0.3, 0.4) is 0 Å². The number of furan rings is 3. The summed E-state index contributed by atoms with van der Waals surface area (Å²) in [5.41, 5.74) is 17.3. The summed E-state index contributed by atoms with van der Waals surface area (Å²) in [4.78, 5) is 43.0. The van der Waals surface area contributed by atoms with Crippen molar-refractivity contribution in [1.82, 2.24) is 80.4 Å². The first-order valence-corrected chi connectivity index (χ1v) is 35.0. The number of pyridine rings is 6. The Kier molecular flexibility index (Phi) is 24.9. The van der Waals surface area contributed by atoms with E-state index in [-0.39, 0.29) is 71.8 Å². The van der Waals surface area contributed by atoms with Crippen LogP contribution in [-0.4, -0.2) is 65.1 Å². The third-order valence-corrected chi connectivity index (χ3v) is 17.8. The van der Waals surface area contributed by atoms with Crippen LogP contribution in [0, 0.1) is 25.1 Å². The van der Waals surface area contributed by atoms with E-state index in [9.17, 15) is 26.3 Å². The quantitative estimate of drug-likeness (QED) is 0.0851. The number of para-hydroxylation sites is 3. The molecule has 0 aliphatic heterocycles. The standard InChI is InChI=1S/3C19H10N3O.C10H8F3N3.C10H11N3.C9H7F3N4.3Ir/c3*1-2-6-17-13(4-1)14-8-7-12(10-18(14)23-17)16-11-21-15-5-3-9-20-19(15)22-16;1-16-5-3-2-4-8(16)7-6-9(15-14-7)10(11,12)13;1-8-7-9(12-11-8)10-5-3-4-6-13(10)2;1-16-5-3-2-4-6(16)7-13-8(15-14-7)9(10,11)12;;;/h3*1-6,8-11H;2-6H,1H3;3-7H,1-2H3;2-5H,1H3;;;/q3*-1;;;;;;. The Hall–Kier alpha value is -13.3. The molecule has 0 saturated carbocycles. The molecule has 0 fully saturated rings.